The Morgan fingerprint density at radius 3 is 3.04 bits per heavy atom. The van der Waals surface area contributed by atoms with Gasteiger partial charge in [-0.05, 0) is 54.9 Å². The molecule has 2 saturated carbocycles. The van der Waals surface area contributed by atoms with E-state index in [2.05, 4.69) is 17.5 Å². The van der Waals surface area contributed by atoms with Crippen LogP contribution in [-0.4, -0.2) is 23.8 Å². The third kappa shape index (κ3) is 3.05. The first kappa shape index (κ1) is 15.8. The molecular weight excluding hydrogens is 292 g/mol. The minimum Gasteiger partial charge on any atom is -0.504 e. The zero-order valence-electron chi connectivity index (χ0n) is 13.7. The number of carbonyl (C=O) groups is 1. The summed E-state index contributed by atoms with van der Waals surface area (Å²) in [5.74, 6) is 1.19. The summed E-state index contributed by atoms with van der Waals surface area (Å²) < 4.78 is 5.33. The molecule has 5 heteroatoms. The number of rotatable bonds is 5. The highest BCUT2D eigenvalue weighted by Gasteiger charge is 2.64. The van der Waals surface area contributed by atoms with Gasteiger partial charge in [-0.1, -0.05) is 19.8 Å². The van der Waals surface area contributed by atoms with E-state index >= 15 is 0 Å². The highest BCUT2D eigenvalue weighted by Crippen LogP contribution is 2.66. The Bertz CT molecular complexity index is 629. The molecule has 23 heavy (non-hydrogen) atoms. The van der Waals surface area contributed by atoms with E-state index in [0.29, 0.717) is 18.3 Å². The number of hydrogen-bond donors (Lipinski definition) is 2. The molecule has 2 N–H and O–H groups in total. The molecule has 0 radical (unpaired) electrons. The predicted molar refractivity (Wildman–Crippen MR) is 88.6 cm³/mol. The molecule has 3 atom stereocenters. The molecule has 2 aliphatic carbocycles. The van der Waals surface area contributed by atoms with E-state index in [1.807, 2.05) is 6.92 Å². The highest BCUT2D eigenvalue weighted by molar-refractivity contribution is 5.86. The van der Waals surface area contributed by atoms with Crippen LogP contribution in [0.1, 0.15) is 45.1 Å². The van der Waals surface area contributed by atoms with Crippen molar-refractivity contribution >= 4 is 12.1 Å². The SMILES string of the molecule is CCOc1cc(/C=N\NC(=O)[C@@H]2[C@H]3CCCC[C@]32C)ccc1O. The summed E-state index contributed by atoms with van der Waals surface area (Å²) in [6, 6.07) is 4.99. The van der Waals surface area contributed by atoms with Gasteiger partial charge in [-0.25, -0.2) is 5.43 Å². The van der Waals surface area contributed by atoms with Crippen LogP contribution in [0.4, 0.5) is 0 Å². The molecular formula is C18H24N2O3. The van der Waals surface area contributed by atoms with Crippen LogP contribution in [0, 0.1) is 17.3 Å². The zero-order valence-corrected chi connectivity index (χ0v) is 13.7. The lowest BCUT2D eigenvalue weighted by molar-refractivity contribution is -0.123. The van der Waals surface area contributed by atoms with Crippen LogP contribution in [0.5, 0.6) is 11.5 Å². The number of nitrogens with one attached hydrogen (secondary N) is 1. The maximum atomic E-state index is 12.3. The van der Waals surface area contributed by atoms with E-state index in [0.717, 1.165) is 18.4 Å². The van der Waals surface area contributed by atoms with Gasteiger partial charge in [0.25, 0.3) is 0 Å². The molecule has 0 spiro atoms. The summed E-state index contributed by atoms with van der Waals surface area (Å²) in [5.41, 5.74) is 3.63. The number of aromatic hydroxyl groups is 1. The van der Waals surface area contributed by atoms with Crippen LogP contribution in [0.3, 0.4) is 0 Å². The van der Waals surface area contributed by atoms with Crippen LogP contribution in [0.2, 0.25) is 0 Å². The van der Waals surface area contributed by atoms with Crippen LogP contribution >= 0.6 is 0 Å². The molecule has 1 amide bonds. The summed E-state index contributed by atoms with van der Waals surface area (Å²) in [6.45, 7) is 4.56. The minimum absolute atomic E-state index is 0.0273. The Balaban J connectivity index is 1.59. The number of nitrogens with zero attached hydrogens (tertiary/aromatic N) is 1. The third-order valence-electron chi connectivity index (χ3n) is 5.29. The molecule has 0 saturated heterocycles. The summed E-state index contributed by atoms with van der Waals surface area (Å²) >= 11 is 0. The van der Waals surface area contributed by atoms with Crippen molar-refractivity contribution in [1.82, 2.24) is 5.43 Å². The normalized spacial score (nSPS) is 29.1. The van der Waals surface area contributed by atoms with Crippen LogP contribution in [0.25, 0.3) is 0 Å². The number of phenolic OH excluding ortho intramolecular Hbond substituents is 1. The van der Waals surface area contributed by atoms with Gasteiger partial charge in [0.1, 0.15) is 0 Å². The average molecular weight is 316 g/mol. The van der Waals surface area contributed by atoms with Crippen molar-refractivity contribution in [3.8, 4) is 11.5 Å². The maximum absolute atomic E-state index is 12.3. The number of amides is 1. The Morgan fingerprint density at radius 2 is 2.35 bits per heavy atom. The highest BCUT2D eigenvalue weighted by atomic mass is 16.5. The van der Waals surface area contributed by atoms with Crippen molar-refractivity contribution in [1.29, 1.82) is 0 Å². The summed E-state index contributed by atoms with van der Waals surface area (Å²) in [6.07, 6.45) is 6.35. The fraction of sp³-hybridized carbons (Fsp3) is 0.556. The largest absolute Gasteiger partial charge is 0.504 e. The number of hydrazone groups is 1. The smallest absolute Gasteiger partial charge is 0.244 e. The van der Waals surface area contributed by atoms with Crippen molar-refractivity contribution in [2.75, 3.05) is 6.61 Å². The van der Waals surface area contributed by atoms with Gasteiger partial charge < -0.3 is 9.84 Å². The monoisotopic (exact) mass is 316 g/mol. The van der Waals surface area contributed by atoms with E-state index < -0.39 is 0 Å². The fourth-order valence-corrected chi connectivity index (χ4v) is 3.97. The summed E-state index contributed by atoms with van der Waals surface area (Å²) in [5, 5.41) is 13.7. The standard InChI is InChI=1S/C18H24N2O3/c1-3-23-15-10-12(7-8-14(15)21)11-19-20-17(22)16-13-6-4-5-9-18(13,16)2/h7-8,10-11,13,16,21H,3-6,9H2,1-2H3,(H,20,22)/b19-11-/t13-,16+,18-/m1/s1. The number of carbonyl (C=O) groups excluding carboxylic acids is 1. The lowest BCUT2D eigenvalue weighted by Gasteiger charge is -2.15. The number of fused-ring (bicyclic) bond motifs is 1. The van der Waals surface area contributed by atoms with Crippen molar-refractivity contribution in [2.45, 2.75) is 39.5 Å². The molecule has 0 heterocycles. The van der Waals surface area contributed by atoms with Gasteiger partial charge in [0.15, 0.2) is 11.5 Å². The second kappa shape index (κ2) is 6.22. The molecule has 1 aromatic carbocycles. The molecule has 0 aliphatic heterocycles. The van der Waals surface area contributed by atoms with Gasteiger partial charge in [-0.3, -0.25) is 4.79 Å². The lowest BCUT2D eigenvalue weighted by Crippen LogP contribution is -2.22. The van der Waals surface area contributed by atoms with Crippen molar-refractivity contribution in [3.63, 3.8) is 0 Å². The van der Waals surface area contributed by atoms with Gasteiger partial charge in [-0.2, -0.15) is 5.10 Å². The third-order valence-corrected chi connectivity index (χ3v) is 5.29. The molecule has 2 aliphatic rings. The van der Waals surface area contributed by atoms with Gasteiger partial charge in [-0.15, -0.1) is 0 Å². The fourth-order valence-electron chi connectivity index (χ4n) is 3.97. The van der Waals surface area contributed by atoms with Crippen molar-refractivity contribution in [3.05, 3.63) is 23.8 Å². The topological polar surface area (TPSA) is 70.9 Å². The average Bonchev–Trinajstić information content (AvgIpc) is 3.16. The Labute approximate surface area is 136 Å². The molecule has 2 fully saturated rings. The second-order valence-electron chi connectivity index (χ2n) is 6.73. The number of phenols is 1. The lowest BCUT2D eigenvalue weighted by atomic mass is 9.90. The first-order chi connectivity index (χ1) is 11.1. The van der Waals surface area contributed by atoms with E-state index in [-0.39, 0.29) is 23.0 Å². The Kier molecular flexibility index (Phi) is 4.28. The number of ether oxygens (including phenoxy) is 1. The molecule has 124 valence electrons. The van der Waals surface area contributed by atoms with Gasteiger partial charge >= 0.3 is 0 Å². The van der Waals surface area contributed by atoms with Gasteiger partial charge in [0.2, 0.25) is 5.91 Å². The van der Waals surface area contributed by atoms with E-state index in [1.54, 1.807) is 24.4 Å². The van der Waals surface area contributed by atoms with Crippen LogP contribution in [0.15, 0.2) is 23.3 Å². The van der Waals surface area contributed by atoms with E-state index in [4.69, 9.17) is 4.74 Å². The van der Waals surface area contributed by atoms with E-state index in [9.17, 15) is 9.90 Å². The quantitative estimate of drug-likeness (QED) is 0.648. The number of hydrogen-bond acceptors (Lipinski definition) is 4. The van der Waals surface area contributed by atoms with Gasteiger partial charge in [0, 0.05) is 5.92 Å². The summed E-state index contributed by atoms with van der Waals surface area (Å²) in [7, 11) is 0. The Hall–Kier alpha value is -2.04. The van der Waals surface area contributed by atoms with Crippen LogP contribution < -0.4 is 10.2 Å². The maximum Gasteiger partial charge on any atom is 0.244 e. The molecule has 0 aromatic heterocycles. The Morgan fingerprint density at radius 1 is 1.52 bits per heavy atom. The van der Waals surface area contributed by atoms with Gasteiger partial charge in [0.05, 0.1) is 12.8 Å². The first-order valence-corrected chi connectivity index (χ1v) is 8.35. The molecule has 5 nitrogen and oxygen atoms in total. The molecule has 0 unspecified atom stereocenters. The first-order valence-electron chi connectivity index (χ1n) is 8.35. The van der Waals surface area contributed by atoms with Crippen molar-refractivity contribution < 1.29 is 14.6 Å². The molecule has 1 aromatic rings. The zero-order chi connectivity index (χ0) is 16.4. The number of benzene rings is 1. The molecule has 3 rings (SSSR count). The predicted octanol–water partition coefficient (Wildman–Crippen LogP) is 3.07. The minimum atomic E-state index is 0.0273. The van der Waals surface area contributed by atoms with Crippen molar-refractivity contribution in [2.24, 2.45) is 22.4 Å². The molecule has 0 bridgehead atoms. The van der Waals surface area contributed by atoms with E-state index in [1.165, 1.54) is 12.8 Å². The van der Waals surface area contributed by atoms with Crippen LogP contribution in [-0.2, 0) is 4.79 Å². The second-order valence-corrected chi connectivity index (χ2v) is 6.73. The summed E-state index contributed by atoms with van der Waals surface area (Å²) in [4.78, 5) is 12.3.